The molecule has 8 nitrogen and oxygen atoms in total. The van der Waals surface area contributed by atoms with E-state index in [1.807, 2.05) is 4.90 Å². The minimum atomic E-state index is -0.551. The number of amides is 4. The molecule has 0 unspecified atom stereocenters. The maximum atomic E-state index is 13.4. The normalized spacial score (nSPS) is 20.9. The molecule has 0 aromatic heterocycles. The number of halogens is 1. The Morgan fingerprint density at radius 1 is 1.03 bits per heavy atom. The maximum absolute atomic E-state index is 13.4. The van der Waals surface area contributed by atoms with Crippen LogP contribution in [0, 0.1) is 5.82 Å². The van der Waals surface area contributed by atoms with E-state index >= 15 is 0 Å². The van der Waals surface area contributed by atoms with Crippen molar-refractivity contribution in [1.29, 1.82) is 0 Å². The van der Waals surface area contributed by atoms with Crippen molar-refractivity contribution in [3.05, 3.63) is 35.6 Å². The molecule has 0 saturated carbocycles. The van der Waals surface area contributed by atoms with E-state index in [1.165, 1.54) is 18.6 Å². The van der Waals surface area contributed by atoms with Crippen molar-refractivity contribution in [1.82, 2.24) is 25.1 Å². The molecule has 35 heavy (non-hydrogen) atoms. The standard InChI is InChI=1S/C26H40FN5O3/c1-4-6-8-9-10-16-30-18-23-31(22(25(30)34)11-7-5-2)24(33)19-29(3)32(23)26(35)28-17-20-12-14-21(27)15-13-20/h12-15,22-23H,4-11,16-19H2,1-3H3,(H,28,35)/t22-,23-/m0/s1. The summed E-state index contributed by atoms with van der Waals surface area (Å²) in [6, 6.07) is 5.09. The second kappa shape index (κ2) is 12.9. The van der Waals surface area contributed by atoms with Crippen LogP contribution in [0.4, 0.5) is 9.18 Å². The third kappa shape index (κ3) is 6.72. The summed E-state index contributed by atoms with van der Waals surface area (Å²) < 4.78 is 13.2. The van der Waals surface area contributed by atoms with Crippen LogP contribution in [0.5, 0.6) is 0 Å². The number of rotatable bonds is 11. The molecule has 2 saturated heterocycles. The molecule has 194 valence electrons. The Balaban J connectivity index is 1.76. The zero-order chi connectivity index (χ0) is 25.4. The van der Waals surface area contributed by atoms with Gasteiger partial charge in [-0.3, -0.25) is 9.59 Å². The quantitative estimate of drug-likeness (QED) is 0.481. The summed E-state index contributed by atoms with van der Waals surface area (Å²) in [5.74, 6) is -0.461. The number of hydrazine groups is 1. The number of nitrogens with zero attached hydrogens (tertiary/aromatic N) is 4. The number of benzene rings is 1. The number of urea groups is 1. The van der Waals surface area contributed by atoms with Crippen LogP contribution in [0.1, 0.15) is 70.8 Å². The number of hydrogen-bond donors (Lipinski definition) is 1. The topological polar surface area (TPSA) is 76.2 Å². The number of unbranched alkanes of at least 4 members (excludes halogenated alkanes) is 5. The molecule has 2 aliphatic rings. The van der Waals surface area contributed by atoms with Crippen LogP contribution < -0.4 is 5.32 Å². The van der Waals surface area contributed by atoms with Gasteiger partial charge < -0.3 is 15.1 Å². The number of carbonyl (C=O) groups excluding carboxylic acids is 3. The van der Waals surface area contributed by atoms with Gasteiger partial charge in [-0.05, 0) is 30.5 Å². The first-order chi connectivity index (χ1) is 16.9. The highest BCUT2D eigenvalue weighted by Crippen LogP contribution is 2.28. The Bertz CT molecular complexity index is 865. The highest BCUT2D eigenvalue weighted by molar-refractivity contribution is 5.91. The fourth-order valence-electron chi connectivity index (χ4n) is 4.95. The van der Waals surface area contributed by atoms with Crippen molar-refractivity contribution in [3.63, 3.8) is 0 Å². The lowest BCUT2D eigenvalue weighted by atomic mass is 10.0. The molecule has 2 atom stereocenters. The van der Waals surface area contributed by atoms with Crippen LogP contribution in [-0.2, 0) is 16.1 Å². The smallest absolute Gasteiger partial charge is 0.334 e. The maximum Gasteiger partial charge on any atom is 0.334 e. The first kappa shape index (κ1) is 26.9. The van der Waals surface area contributed by atoms with Gasteiger partial charge in [0, 0.05) is 20.1 Å². The lowest BCUT2D eigenvalue weighted by Crippen LogP contribution is -2.75. The molecule has 1 aromatic rings. The summed E-state index contributed by atoms with van der Waals surface area (Å²) in [6.45, 7) is 5.45. The second-order valence-corrected chi connectivity index (χ2v) is 9.58. The summed E-state index contributed by atoms with van der Waals surface area (Å²) >= 11 is 0. The van der Waals surface area contributed by atoms with Gasteiger partial charge in [-0.2, -0.15) is 0 Å². The fourth-order valence-corrected chi connectivity index (χ4v) is 4.95. The van der Waals surface area contributed by atoms with Crippen LogP contribution in [0.25, 0.3) is 0 Å². The van der Waals surface area contributed by atoms with Gasteiger partial charge in [0.15, 0.2) is 0 Å². The van der Waals surface area contributed by atoms with Crippen LogP contribution >= 0.6 is 0 Å². The number of piperazine rings is 1. The van der Waals surface area contributed by atoms with E-state index in [0.29, 0.717) is 19.5 Å². The highest BCUT2D eigenvalue weighted by atomic mass is 19.1. The number of fused-ring (bicyclic) bond motifs is 1. The Hall–Kier alpha value is -2.68. The molecular weight excluding hydrogens is 449 g/mol. The van der Waals surface area contributed by atoms with E-state index in [4.69, 9.17) is 0 Å². The van der Waals surface area contributed by atoms with Crippen molar-refractivity contribution in [2.45, 2.75) is 84.0 Å². The Morgan fingerprint density at radius 2 is 1.71 bits per heavy atom. The molecule has 0 radical (unpaired) electrons. The van der Waals surface area contributed by atoms with Gasteiger partial charge in [-0.25, -0.2) is 19.2 Å². The minimum absolute atomic E-state index is 0.00485. The van der Waals surface area contributed by atoms with Crippen LogP contribution in [-0.4, -0.2) is 76.6 Å². The van der Waals surface area contributed by atoms with Gasteiger partial charge in [0.1, 0.15) is 18.0 Å². The summed E-state index contributed by atoms with van der Waals surface area (Å²) in [5, 5.41) is 6.10. The third-order valence-corrected chi connectivity index (χ3v) is 6.87. The molecule has 9 heteroatoms. The predicted octanol–water partition coefficient (Wildman–Crippen LogP) is 3.72. The molecule has 4 amide bonds. The molecule has 0 bridgehead atoms. The Kier molecular flexibility index (Phi) is 9.89. The SMILES string of the molecule is CCCCCCCN1C[C@H]2N(C(=O)CN(C)N2C(=O)NCc2ccc(F)cc2)[C@@H](CCCC)C1=O. The van der Waals surface area contributed by atoms with E-state index in [2.05, 4.69) is 19.2 Å². The molecule has 0 aliphatic carbocycles. The van der Waals surface area contributed by atoms with Gasteiger partial charge in [0.05, 0.1) is 13.1 Å². The minimum Gasteiger partial charge on any atom is -0.337 e. The second-order valence-electron chi connectivity index (χ2n) is 9.58. The molecule has 1 aromatic carbocycles. The van der Waals surface area contributed by atoms with E-state index in [1.54, 1.807) is 34.1 Å². The first-order valence-electron chi connectivity index (χ1n) is 13.0. The van der Waals surface area contributed by atoms with Crippen molar-refractivity contribution < 1.29 is 18.8 Å². The lowest BCUT2D eigenvalue weighted by molar-refractivity contribution is -0.187. The van der Waals surface area contributed by atoms with E-state index in [-0.39, 0.29) is 36.8 Å². The van der Waals surface area contributed by atoms with E-state index in [9.17, 15) is 18.8 Å². The van der Waals surface area contributed by atoms with Crippen LogP contribution in [0.15, 0.2) is 24.3 Å². The molecule has 2 heterocycles. The molecular formula is C26H40FN5O3. The summed E-state index contributed by atoms with van der Waals surface area (Å²) in [7, 11) is 1.72. The largest absolute Gasteiger partial charge is 0.337 e. The monoisotopic (exact) mass is 489 g/mol. The average Bonchev–Trinajstić information content (AvgIpc) is 2.83. The van der Waals surface area contributed by atoms with Crippen molar-refractivity contribution in [2.24, 2.45) is 0 Å². The first-order valence-corrected chi connectivity index (χ1v) is 13.0. The van der Waals surface area contributed by atoms with Crippen LogP contribution in [0.2, 0.25) is 0 Å². The van der Waals surface area contributed by atoms with E-state index in [0.717, 1.165) is 44.1 Å². The lowest BCUT2D eigenvalue weighted by Gasteiger charge is -2.54. The van der Waals surface area contributed by atoms with Gasteiger partial charge in [-0.15, -0.1) is 0 Å². The number of nitrogens with one attached hydrogen (secondary N) is 1. The molecule has 2 aliphatic heterocycles. The zero-order valence-corrected chi connectivity index (χ0v) is 21.3. The molecule has 1 N–H and O–H groups in total. The van der Waals surface area contributed by atoms with Crippen molar-refractivity contribution in [3.8, 4) is 0 Å². The average molecular weight is 490 g/mol. The van der Waals surface area contributed by atoms with Crippen molar-refractivity contribution >= 4 is 17.8 Å². The molecule has 2 fully saturated rings. The van der Waals surface area contributed by atoms with Gasteiger partial charge in [-0.1, -0.05) is 64.5 Å². The number of hydrogen-bond acceptors (Lipinski definition) is 4. The molecule has 3 rings (SSSR count). The summed E-state index contributed by atoms with van der Waals surface area (Å²) in [6.07, 6.45) is 7.28. The highest BCUT2D eigenvalue weighted by Gasteiger charge is 2.50. The van der Waals surface area contributed by atoms with Crippen LogP contribution in [0.3, 0.4) is 0 Å². The summed E-state index contributed by atoms with van der Waals surface area (Å²) in [4.78, 5) is 43.3. The fraction of sp³-hybridized carbons (Fsp3) is 0.654. The summed E-state index contributed by atoms with van der Waals surface area (Å²) in [5.41, 5.74) is 0.778. The zero-order valence-electron chi connectivity index (χ0n) is 21.3. The van der Waals surface area contributed by atoms with Gasteiger partial charge >= 0.3 is 6.03 Å². The number of likely N-dealkylation sites (N-methyl/N-ethyl adjacent to an activating group) is 1. The van der Waals surface area contributed by atoms with Gasteiger partial charge in [0.25, 0.3) is 0 Å². The Morgan fingerprint density at radius 3 is 2.40 bits per heavy atom. The Labute approximate surface area is 208 Å². The third-order valence-electron chi connectivity index (χ3n) is 6.87. The van der Waals surface area contributed by atoms with Crippen molar-refractivity contribution in [2.75, 3.05) is 26.7 Å². The van der Waals surface area contributed by atoms with E-state index < -0.39 is 12.2 Å². The molecule has 0 spiro atoms. The number of carbonyl (C=O) groups is 3. The van der Waals surface area contributed by atoms with Gasteiger partial charge in [0.2, 0.25) is 11.8 Å². The predicted molar refractivity (Wildman–Crippen MR) is 132 cm³/mol.